The highest BCUT2D eigenvalue weighted by Crippen LogP contribution is 2.34. The zero-order valence-corrected chi connectivity index (χ0v) is 14.8. The summed E-state index contributed by atoms with van der Waals surface area (Å²) in [6.07, 6.45) is 6.97. The maximum Gasteiger partial charge on any atom is 0.251 e. The largest absolute Gasteiger partial charge is 0.347 e. The Kier molecular flexibility index (Phi) is 4.73. The smallest absolute Gasteiger partial charge is 0.251 e. The Hall–Kier alpha value is -1.91. The van der Waals surface area contributed by atoms with Crippen LogP contribution >= 0.6 is 11.6 Å². The minimum Gasteiger partial charge on any atom is -0.347 e. The molecule has 0 unspecified atom stereocenters. The fraction of sp³-hybridized carbons (Fsp3) is 0.400. The lowest BCUT2D eigenvalue weighted by Crippen LogP contribution is -2.64. The number of fused-ring (bicyclic) bond motifs is 3. The van der Waals surface area contributed by atoms with Gasteiger partial charge >= 0.3 is 0 Å². The summed E-state index contributed by atoms with van der Waals surface area (Å²) in [5.74, 6) is 0.521. The van der Waals surface area contributed by atoms with E-state index < -0.39 is 0 Å². The van der Waals surface area contributed by atoms with Crippen LogP contribution in [0.5, 0.6) is 0 Å². The summed E-state index contributed by atoms with van der Waals surface area (Å²) in [4.78, 5) is 19.5. The van der Waals surface area contributed by atoms with Crippen molar-refractivity contribution in [3.63, 3.8) is 0 Å². The number of aromatic nitrogens is 1. The van der Waals surface area contributed by atoms with Gasteiger partial charge in [0.25, 0.3) is 5.91 Å². The number of carbonyl (C=O) groups is 1. The molecule has 0 spiro atoms. The lowest BCUT2D eigenvalue weighted by molar-refractivity contribution is 0.0136. The van der Waals surface area contributed by atoms with E-state index in [1.165, 1.54) is 5.56 Å². The molecule has 4 heterocycles. The maximum absolute atomic E-state index is 12.7. The Morgan fingerprint density at radius 2 is 2.08 bits per heavy atom. The Morgan fingerprint density at radius 3 is 2.80 bits per heavy atom. The number of carbonyl (C=O) groups excluding carboxylic acids is 1. The van der Waals surface area contributed by atoms with Crippen LogP contribution < -0.4 is 5.32 Å². The van der Waals surface area contributed by atoms with Crippen molar-refractivity contribution in [2.24, 2.45) is 5.92 Å². The number of nitrogens with one attached hydrogen (secondary N) is 1. The summed E-state index contributed by atoms with van der Waals surface area (Å²) < 4.78 is 0. The molecule has 0 aliphatic carbocycles. The molecule has 1 aromatic carbocycles. The van der Waals surface area contributed by atoms with Gasteiger partial charge in [0.1, 0.15) is 0 Å². The first-order valence-electron chi connectivity index (χ1n) is 8.90. The maximum atomic E-state index is 12.7. The van der Waals surface area contributed by atoms with Crippen LogP contribution in [0.2, 0.25) is 5.02 Å². The molecule has 3 fully saturated rings. The number of amides is 1. The van der Waals surface area contributed by atoms with Crippen molar-refractivity contribution >= 4 is 17.5 Å². The van der Waals surface area contributed by atoms with Gasteiger partial charge in [0.2, 0.25) is 0 Å². The van der Waals surface area contributed by atoms with E-state index in [0.717, 1.165) is 32.4 Å². The fourth-order valence-electron chi connectivity index (χ4n) is 4.25. The van der Waals surface area contributed by atoms with E-state index in [-0.39, 0.29) is 11.9 Å². The molecule has 5 heteroatoms. The van der Waals surface area contributed by atoms with Crippen molar-refractivity contribution in [1.82, 2.24) is 15.2 Å². The number of hydrogen-bond donors (Lipinski definition) is 1. The molecule has 1 N–H and O–H groups in total. The van der Waals surface area contributed by atoms with Crippen molar-refractivity contribution in [3.8, 4) is 0 Å². The van der Waals surface area contributed by atoms with Gasteiger partial charge in [0.15, 0.2) is 0 Å². The summed E-state index contributed by atoms with van der Waals surface area (Å²) in [6, 6.07) is 11.8. The first-order chi connectivity index (χ1) is 12.2. The Labute approximate surface area is 153 Å². The average Bonchev–Trinajstić information content (AvgIpc) is 2.65. The molecule has 2 bridgehead atoms. The third kappa shape index (κ3) is 3.55. The molecular formula is C20H22ClN3O. The zero-order valence-electron chi connectivity index (χ0n) is 14.1. The summed E-state index contributed by atoms with van der Waals surface area (Å²) in [5.41, 5.74) is 1.85. The van der Waals surface area contributed by atoms with Crippen LogP contribution in [0.1, 0.15) is 28.8 Å². The average molecular weight is 356 g/mol. The van der Waals surface area contributed by atoms with E-state index in [2.05, 4.69) is 21.3 Å². The number of nitrogens with zero attached hydrogens (tertiary/aromatic N) is 2. The second-order valence-corrected chi connectivity index (χ2v) is 7.45. The van der Waals surface area contributed by atoms with E-state index in [0.29, 0.717) is 22.5 Å². The molecule has 1 aromatic heterocycles. The minimum absolute atomic E-state index is 0.0302. The van der Waals surface area contributed by atoms with Crippen molar-refractivity contribution in [2.45, 2.75) is 31.3 Å². The molecule has 3 aliphatic rings. The number of hydrogen-bond acceptors (Lipinski definition) is 3. The predicted octanol–water partition coefficient (Wildman–Crippen LogP) is 3.17. The molecule has 1 amide bonds. The van der Waals surface area contributed by atoms with Gasteiger partial charge in [-0.25, -0.2) is 0 Å². The molecule has 2 atom stereocenters. The monoisotopic (exact) mass is 355 g/mol. The minimum atomic E-state index is -0.0302. The van der Waals surface area contributed by atoms with Gasteiger partial charge in [-0.1, -0.05) is 23.7 Å². The first-order valence-corrected chi connectivity index (χ1v) is 9.28. The van der Waals surface area contributed by atoms with Crippen LogP contribution in [-0.4, -0.2) is 41.0 Å². The van der Waals surface area contributed by atoms with Crippen LogP contribution in [0.3, 0.4) is 0 Å². The number of benzene rings is 1. The second-order valence-electron chi connectivity index (χ2n) is 7.02. The van der Waals surface area contributed by atoms with Gasteiger partial charge in [-0.15, -0.1) is 0 Å². The fourth-order valence-corrected chi connectivity index (χ4v) is 4.44. The zero-order chi connectivity index (χ0) is 17.2. The van der Waals surface area contributed by atoms with Gasteiger partial charge < -0.3 is 5.32 Å². The SMILES string of the molecule is O=C(N[C@@H]1C2CCN(CC2)[C@H]1Cc1cccnc1)c1cccc(Cl)c1. The molecule has 25 heavy (non-hydrogen) atoms. The topological polar surface area (TPSA) is 45.2 Å². The van der Waals surface area contributed by atoms with Crippen LogP contribution in [0, 0.1) is 5.92 Å². The highest BCUT2D eigenvalue weighted by Gasteiger charge is 2.42. The molecule has 0 saturated carbocycles. The molecule has 5 rings (SSSR count). The van der Waals surface area contributed by atoms with Gasteiger partial charge in [-0.2, -0.15) is 0 Å². The van der Waals surface area contributed by atoms with Crippen molar-refractivity contribution in [3.05, 3.63) is 64.9 Å². The number of pyridine rings is 1. The lowest BCUT2D eigenvalue weighted by Gasteiger charge is -2.51. The van der Waals surface area contributed by atoms with Gasteiger partial charge in [-0.3, -0.25) is 14.7 Å². The van der Waals surface area contributed by atoms with Crippen molar-refractivity contribution < 1.29 is 4.79 Å². The highest BCUT2D eigenvalue weighted by atomic mass is 35.5. The van der Waals surface area contributed by atoms with Gasteiger partial charge in [0, 0.05) is 35.1 Å². The van der Waals surface area contributed by atoms with E-state index >= 15 is 0 Å². The third-order valence-electron chi connectivity index (χ3n) is 5.52. The van der Waals surface area contributed by atoms with Crippen LogP contribution in [0.25, 0.3) is 0 Å². The molecule has 4 nitrogen and oxygen atoms in total. The predicted molar refractivity (Wildman–Crippen MR) is 98.7 cm³/mol. The third-order valence-corrected chi connectivity index (χ3v) is 5.75. The summed E-state index contributed by atoms with van der Waals surface area (Å²) >= 11 is 6.04. The van der Waals surface area contributed by atoms with Crippen molar-refractivity contribution in [1.29, 1.82) is 0 Å². The summed E-state index contributed by atoms with van der Waals surface area (Å²) in [7, 11) is 0. The second kappa shape index (κ2) is 7.14. The first kappa shape index (κ1) is 16.6. The Morgan fingerprint density at radius 1 is 1.24 bits per heavy atom. The van der Waals surface area contributed by atoms with Gasteiger partial charge in [0.05, 0.1) is 0 Å². The Balaban J connectivity index is 1.54. The van der Waals surface area contributed by atoms with E-state index in [1.807, 2.05) is 24.4 Å². The molecular weight excluding hydrogens is 334 g/mol. The molecule has 130 valence electrons. The molecule has 2 aromatic rings. The summed E-state index contributed by atoms with van der Waals surface area (Å²) in [6.45, 7) is 2.25. The van der Waals surface area contributed by atoms with E-state index in [1.54, 1.807) is 18.3 Å². The standard InChI is InChI=1S/C20H22ClN3O/c21-17-5-1-4-16(12-17)20(25)23-19-15-6-9-24(10-7-15)18(19)11-14-3-2-8-22-13-14/h1-5,8,12-13,15,18-19H,6-7,9-11H2,(H,23,25)/t18-,19+/m0/s1. The number of piperidine rings is 3. The molecule has 0 radical (unpaired) electrons. The highest BCUT2D eigenvalue weighted by molar-refractivity contribution is 6.30. The lowest BCUT2D eigenvalue weighted by atomic mass is 9.76. The summed E-state index contributed by atoms with van der Waals surface area (Å²) in [5, 5.41) is 3.90. The number of halogens is 1. The van der Waals surface area contributed by atoms with E-state index in [9.17, 15) is 4.79 Å². The Bertz CT molecular complexity index is 744. The molecule has 3 saturated heterocycles. The van der Waals surface area contributed by atoms with Crippen molar-refractivity contribution in [2.75, 3.05) is 13.1 Å². The normalized spacial score (nSPS) is 27.9. The van der Waals surface area contributed by atoms with E-state index in [4.69, 9.17) is 11.6 Å². The van der Waals surface area contributed by atoms with Gasteiger partial charge in [-0.05, 0) is 68.1 Å². The molecule has 3 aliphatic heterocycles. The van der Waals surface area contributed by atoms with Crippen LogP contribution in [0.15, 0.2) is 48.8 Å². The van der Waals surface area contributed by atoms with Crippen LogP contribution in [-0.2, 0) is 6.42 Å². The van der Waals surface area contributed by atoms with Crippen LogP contribution in [0.4, 0.5) is 0 Å². The number of rotatable bonds is 4. The quantitative estimate of drug-likeness (QED) is 0.916.